The highest BCUT2D eigenvalue weighted by atomic mass is 35.5. The second-order valence-corrected chi connectivity index (χ2v) is 2.70. The first kappa shape index (κ1) is 13.1. The molecule has 1 N–H and O–H groups in total. The molecule has 0 aromatic heterocycles. The molecule has 0 aromatic carbocycles. The number of hydrogen-bond donors (Lipinski definition) is 1. The van der Waals surface area contributed by atoms with Crippen molar-refractivity contribution in [3.05, 3.63) is 0 Å². The molecule has 0 saturated carbocycles. The van der Waals surface area contributed by atoms with Crippen molar-refractivity contribution in [2.24, 2.45) is 0 Å². The first-order valence-corrected chi connectivity index (χ1v) is 3.17. The van der Waals surface area contributed by atoms with Crippen LogP contribution in [-0.4, -0.2) is 38.1 Å². The van der Waals surface area contributed by atoms with Crippen molar-refractivity contribution in [3.8, 4) is 0 Å². The Morgan fingerprint density at radius 1 is 1.40 bits per heavy atom. The van der Waals surface area contributed by atoms with Gasteiger partial charge < -0.3 is 10.2 Å². The maximum absolute atomic E-state index is 3.34. The Kier molecular flexibility index (Phi) is 8.17. The van der Waals surface area contributed by atoms with Crippen LogP contribution < -0.4 is 5.32 Å². The van der Waals surface area contributed by atoms with Gasteiger partial charge in [0.05, 0.1) is 0 Å². The van der Waals surface area contributed by atoms with E-state index in [9.17, 15) is 0 Å². The summed E-state index contributed by atoms with van der Waals surface area (Å²) in [5.41, 5.74) is 0. The van der Waals surface area contributed by atoms with Crippen LogP contribution in [-0.2, 0) is 0 Å². The van der Waals surface area contributed by atoms with Crippen molar-refractivity contribution in [1.29, 1.82) is 0 Å². The summed E-state index contributed by atoms with van der Waals surface area (Å²) in [4.78, 5) is 2.22. The predicted molar refractivity (Wildman–Crippen MR) is 49.5 cm³/mol. The van der Waals surface area contributed by atoms with Crippen LogP contribution in [0.4, 0.5) is 0 Å². The second kappa shape index (κ2) is 6.23. The van der Waals surface area contributed by atoms with E-state index in [2.05, 4.69) is 24.3 Å². The number of rotatable bonds is 2. The maximum Gasteiger partial charge on any atom is 0.0206 e. The zero-order valence-electron chi connectivity index (χ0n) is 6.46. The molecule has 4 heteroatoms. The van der Waals surface area contributed by atoms with Gasteiger partial charge in [0.25, 0.3) is 0 Å². The monoisotopic (exact) mass is 186 g/mol. The summed E-state index contributed by atoms with van der Waals surface area (Å²) in [5.74, 6) is 0. The van der Waals surface area contributed by atoms with Crippen LogP contribution in [0.5, 0.6) is 0 Å². The highest BCUT2D eigenvalue weighted by Crippen LogP contribution is 2.01. The van der Waals surface area contributed by atoms with Gasteiger partial charge in [0, 0.05) is 12.6 Å². The molecule has 0 amide bonds. The van der Waals surface area contributed by atoms with Gasteiger partial charge in [-0.2, -0.15) is 0 Å². The van der Waals surface area contributed by atoms with Crippen molar-refractivity contribution in [3.63, 3.8) is 0 Å². The first-order chi connectivity index (χ1) is 3.79. The first-order valence-electron chi connectivity index (χ1n) is 3.17. The van der Waals surface area contributed by atoms with Gasteiger partial charge in [0.1, 0.15) is 0 Å². The third-order valence-corrected chi connectivity index (χ3v) is 1.51. The maximum atomic E-state index is 3.34. The van der Waals surface area contributed by atoms with Crippen LogP contribution in [0.1, 0.15) is 6.42 Å². The van der Waals surface area contributed by atoms with Gasteiger partial charge in [-0.25, -0.2) is 0 Å². The summed E-state index contributed by atoms with van der Waals surface area (Å²) < 4.78 is 0. The predicted octanol–water partition coefficient (Wildman–Crippen LogP) is 0.753. The zero-order valence-corrected chi connectivity index (χ0v) is 8.10. The SMILES string of the molecule is CN(C)CC1CCN1.Cl.Cl. The van der Waals surface area contributed by atoms with Gasteiger partial charge >= 0.3 is 0 Å². The number of halogens is 2. The molecule has 0 spiro atoms. The molecule has 1 aliphatic rings. The molecular weight excluding hydrogens is 171 g/mol. The highest BCUT2D eigenvalue weighted by Gasteiger charge is 2.15. The summed E-state index contributed by atoms with van der Waals surface area (Å²) in [7, 11) is 4.22. The van der Waals surface area contributed by atoms with E-state index in [1.807, 2.05) is 0 Å². The third kappa shape index (κ3) is 4.34. The topological polar surface area (TPSA) is 15.3 Å². The molecule has 10 heavy (non-hydrogen) atoms. The van der Waals surface area contributed by atoms with Gasteiger partial charge in [0.15, 0.2) is 0 Å². The lowest BCUT2D eigenvalue weighted by molar-refractivity contribution is 0.273. The minimum absolute atomic E-state index is 0. The molecule has 0 aromatic rings. The molecule has 1 fully saturated rings. The van der Waals surface area contributed by atoms with Gasteiger partial charge in [-0.3, -0.25) is 0 Å². The fraction of sp³-hybridized carbons (Fsp3) is 1.00. The number of nitrogens with zero attached hydrogens (tertiary/aromatic N) is 1. The lowest BCUT2D eigenvalue weighted by Gasteiger charge is -2.29. The van der Waals surface area contributed by atoms with Crippen molar-refractivity contribution in [1.82, 2.24) is 10.2 Å². The van der Waals surface area contributed by atoms with E-state index in [0.29, 0.717) is 0 Å². The van der Waals surface area contributed by atoms with Crippen molar-refractivity contribution in [2.45, 2.75) is 12.5 Å². The van der Waals surface area contributed by atoms with Crippen LogP contribution in [0.15, 0.2) is 0 Å². The van der Waals surface area contributed by atoms with Gasteiger partial charge in [-0.15, -0.1) is 24.8 Å². The number of hydrogen-bond acceptors (Lipinski definition) is 2. The molecule has 1 unspecified atom stereocenters. The molecule has 0 radical (unpaired) electrons. The average Bonchev–Trinajstić information content (AvgIpc) is 1.55. The Morgan fingerprint density at radius 2 is 1.90 bits per heavy atom. The Labute approximate surface area is 75.2 Å². The summed E-state index contributed by atoms with van der Waals surface area (Å²) in [6.07, 6.45) is 1.36. The summed E-state index contributed by atoms with van der Waals surface area (Å²) in [6, 6.07) is 0.782. The average molecular weight is 187 g/mol. The quantitative estimate of drug-likeness (QED) is 0.686. The lowest BCUT2D eigenvalue weighted by atomic mass is 10.1. The second-order valence-electron chi connectivity index (χ2n) is 2.70. The van der Waals surface area contributed by atoms with E-state index in [0.717, 1.165) is 6.04 Å². The Bertz CT molecular complexity index is 74.1. The number of nitrogens with one attached hydrogen (secondary N) is 1. The Hall–Kier alpha value is 0.500. The smallest absolute Gasteiger partial charge is 0.0206 e. The third-order valence-electron chi connectivity index (χ3n) is 1.51. The standard InChI is InChI=1S/C6H14N2.2ClH/c1-8(2)5-6-3-4-7-6;;/h6-7H,3-5H2,1-2H3;2*1H. The van der Waals surface area contributed by atoms with Crippen molar-refractivity contribution < 1.29 is 0 Å². The lowest BCUT2D eigenvalue weighted by Crippen LogP contribution is -2.48. The molecular formula is C6H16Cl2N2. The minimum Gasteiger partial charge on any atom is -0.313 e. The van der Waals surface area contributed by atoms with Crippen molar-refractivity contribution in [2.75, 3.05) is 27.2 Å². The molecule has 0 bridgehead atoms. The van der Waals surface area contributed by atoms with Gasteiger partial charge in [0.2, 0.25) is 0 Å². The number of likely N-dealkylation sites (N-methyl/N-ethyl adjacent to an activating group) is 1. The summed E-state index contributed by atoms with van der Waals surface area (Å²) >= 11 is 0. The van der Waals surface area contributed by atoms with Crippen LogP contribution >= 0.6 is 24.8 Å². The van der Waals surface area contributed by atoms with E-state index in [1.54, 1.807) is 0 Å². The fourth-order valence-corrected chi connectivity index (χ4v) is 0.945. The molecule has 1 saturated heterocycles. The van der Waals surface area contributed by atoms with E-state index < -0.39 is 0 Å². The Morgan fingerprint density at radius 3 is 2.00 bits per heavy atom. The van der Waals surface area contributed by atoms with E-state index in [4.69, 9.17) is 0 Å². The molecule has 2 nitrogen and oxygen atoms in total. The molecule has 1 rings (SSSR count). The van der Waals surface area contributed by atoms with Crippen LogP contribution in [0, 0.1) is 0 Å². The molecule has 0 aliphatic carbocycles. The van der Waals surface area contributed by atoms with Gasteiger partial charge in [-0.1, -0.05) is 0 Å². The van der Waals surface area contributed by atoms with Crippen LogP contribution in [0.25, 0.3) is 0 Å². The summed E-state index contributed by atoms with van der Waals surface area (Å²) in [6.45, 7) is 2.42. The van der Waals surface area contributed by atoms with E-state index >= 15 is 0 Å². The van der Waals surface area contributed by atoms with E-state index in [1.165, 1.54) is 19.5 Å². The van der Waals surface area contributed by atoms with Crippen LogP contribution in [0.3, 0.4) is 0 Å². The Balaban J connectivity index is 0. The molecule has 1 atom stereocenters. The summed E-state index contributed by atoms with van der Waals surface area (Å²) in [5, 5.41) is 3.34. The van der Waals surface area contributed by atoms with Gasteiger partial charge in [-0.05, 0) is 27.1 Å². The minimum atomic E-state index is 0. The normalized spacial score (nSPS) is 22.5. The fourth-order valence-electron chi connectivity index (χ4n) is 0.945. The highest BCUT2D eigenvalue weighted by molar-refractivity contribution is 5.85. The molecule has 1 heterocycles. The largest absolute Gasteiger partial charge is 0.313 e. The molecule has 64 valence electrons. The zero-order chi connectivity index (χ0) is 5.98. The van der Waals surface area contributed by atoms with Crippen molar-refractivity contribution >= 4 is 24.8 Å². The van der Waals surface area contributed by atoms with Crippen LogP contribution in [0.2, 0.25) is 0 Å². The molecule has 1 aliphatic heterocycles. The van der Waals surface area contributed by atoms with E-state index in [-0.39, 0.29) is 24.8 Å².